The summed E-state index contributed by atoms with van der Waals surface area (Å²) in [6.07, 6.45) is 5.99. The fourth-order valence-electron chi connectivity index (χ4n) is 3.63. The molecular weight excluding hydrogens is 314 g/mol. The predicted molar refractivity (Wildman–Crippen MR) is 95.9 cm³/mol. The van der Waals surface area contributed by atoms with Gasteiger partial charge in [-0.2, -0.15) is 4.98 Å². The van der Waals surface area contributed by atoms with Gasteiger partial charge in [0.15, 0.2) is 5.82 Å². The van der Waals surface area contributed by atoms with Crippen LogP contribution in [0, 0.1) is 6.92 Å². The first-order chi connectivity index (χ1) is 12.1. The predicted octanol–water partition coefficient (Wildman–Crippen LogP) is 3.94. The molecule has 1 aliphatic carbocycles. The zero-order chi connectivity index (χ0) is 17.4. The van der Waals surface area contributed by atoms with Gasteiger partial charge < -0.3 is 9.42 Å². The van der Waals surface area contributed by atoms with Crippen molar-refractivity contribution in [2.24, 2.45) is 0 Å². The van der Waals surface area contributed by atoms with Crippen LogP contribution in [0.3, 0.4) is 0 Å². The zero-order valence-electron chi connectivity index (χ0n) is 15.4. The van der Waals surface area contributed by atoms with Gasteiger partial charge in [0.1, 0.15) is 11.6 Å². The number of piperidine rings is 1. The molecule has 3 heterocycles. The van der Waals surface area contributed by atoms with Crippen LogP contribution in [0.15, 0.2) is 10.6 Å². The van der Waals surface area contributed by atoms with E-state index >= 15 is 0 Å². The van der Waals surface area contributed by atoms with Crippen LogP contribution in [0.1, 0.15) is 86.9 Å². The molecule has 2 fully saturated rings. The van der Waals surface area contributed by atoms with Crippen LogP contribution in [-0.2, 0) is 0 Å². The van der Waals surface area contributed by atoms with E-state index in [1.165, 1.54) is 19.3 Å². The standard InChI is InChI=1S/C19H27N5O/c1-12(2)19-22-18(23-25-19)15-8-5-9-24(11-15)16-10-13(3)20-17(21-16)14-6-4-7-14/h10,12,14-15H,4-9,11H2,1-3H3. The molecule has 1 unspecified atom stereocenters. The number of rotatable bonds is 4. The summed E-state index contributed by atoms with van der Waals surface area (Å²) in [4.78, 5) is 16.5. The van der Waals surface area contributed by atoms with Crippen LogP contribution >= 0.6 is 0 Å². The minimum Gasteiger partial charge on any atom is -0.356 e. The summed E-state index contributed by atoms with van der Waals surface area (Å²) >= 11 is 0. The Bertz CT molecular complexity index is 737. The minimum atomic E-state index is 0.274. The molecule has 4 rings (SSSR count). The molecule has 1 saturated heterocycles. The van der Waals surface area contributed by atoms with Gasteiger partial charge in [-0.1, -0.05) is 25.4 Å². The molecular formula is C19H27N5O. The van der Waals surface area contributed by atoms with E-state index in [4.69, 9.17) is 9.51 Å². The summed E-state index contributed by atoms with van der Waals surface area (Å²) in [5.41, 5.74) is 1.07. The quantitative estimate of drug-likeness (QED) is 0.839. The highest BCUT2D eigenvalue weighted by molar-refractivity contribution is 5.41. The monoisotopic (exact) mass is 341 g/mol. The molecule has 1 saturated carbocycles. The number of anilines is 1. The van der Waals surface area contributed by atoms with Crippen molar-refractivity contribution in [3.8, 4) is 0 Å². The molecule has 0 aromatic carbocycles. The Balaban J connectivity index is 1.53. The SMILES string of the molecule is Cc1cc(N2CCCC(c3noc(C(C)C)n3)C2)nc(C2CCC2)n1. The summed E-state index contributed by atoms with van der Waals surface area (Å²) in [6, 6.07) is 2.11. The highest BCUT2D eigenvalue weighted by Crippen LogP contribution is 2.36. The number of aryl methyl sites for hydroxylation is 1. The fraction of sp³-hybridized carbons (Fsp3) is 0.684. The third-order valence-electron chi connectivity index (χ3n) is 5.39. The Morgan fingerprint density at radius 2 is 1.84 bits per heavy atom. The van der Waals surface area contributed by atoms with E-state index in [0.717, 1.165) is 55.0 Å². The second kappa shape index (κ2) is 6.73. The second-order valence-corrected chi connectivity index (χ2v) is 7.78. The van der Waals surface area contributed by atoms with E-state index < -0.39 is 0 Å². The normalized spacial score (nSPS) is 21.6. The largest absolute Gasteiger partial charge is 0.356 e. The van der Waals surface area contributed by atoms with Gasteiger partial charge in [0, 0.05) is 42.6 Å². The average Bonchev–Trinajstić information content (AvgIpc) is 3.03. The molecule has 0 N–H and O–H groups in total. The van der Waals surface area contributed by atoms with E-state index in [9.17, 15) is 0 Å². The lowest BCUT2D eigenvalue weighted by atomic mass is 9.85. The van der Waals surface area contributed by atoms with Crippen molar-refractivity contribution in [2.45, 2.75) is 70.6 Å². The number of nitrogens with zero attached hydrogens (tertiary/aromatic N) is 5. The van der Waals surface area contributed by atoms with Gasteiger partial charge in [-0.25, -0.2) is 9.97 Å². The van der Waals surface area contributed by atoms with Crippen LogP contribution in [0.25, 0.3) is 0 Å². The first kappa shape index (κ1) is 16.5. The van der Waals surface area contributed by atoms with E-state index in [2.05, 4.69) is 46.9 Å². The van der Waals surface area contributed by atoms with Crippen molar-refractivity contribution in [3.05, 3.63) is 29.3 Å². The van der Waals surface area contributed by atoms with Crippen molar-refractivity contribution in [1.29, 1.82) is 0 Å². The lowest BCUT2D eigenvalue weighted by Crippen LogP contribution is -2.35. The topological polar surface area (TPSA) is 67.9 Å². The van der Waals surface area contributed by atoms with Gasteiger partial charge in [0.2, 0.25) is 5.89 Å². The van der Waals surface area contributed by atoms with Gasteiger partial charge >= 0.3 is 0 Å². The van der Waals surface area contributed by atoms with Crippen LogP contribution in [0.2, 0.25) is 0 Å². The van der Waals surface area contributed by atoms with E-state index in [1.807, 2.05) is 0 Å². The Morgan fingerprint density at radius 1 is 1.04 bits per heavy atom. The van der Waals surface area contributed by atoms with Gasteiger partial charge in [-0.05, 0) is 32.6 Å². The maximum Gasteiger partial charge on any atom is 0.229 e. The third kappa shape index (κ3) is 3.39. The zero-order valence-corrected chi connectivity index (χ0v) is 15.4. The summed E-state index contributed by atoms with van der Waals surface area (Å²) < 4.78 is 5.41. The van der Waals surface area contributed by atoms with Crippen molar-refractivity contribution in [3.63, 3.8) is 0 Å². The van der Waals surface area contributed by atoms with Crippen LogP contribution in [-0.4, -0.2) is 33.2 Å². The maximum atomic E-state index is 5.41. The average molecular weight is 341 g/mol. The second-order valence-electron chi connectivity index (χ2n) is 7.78. The van der Waals surface area contributed by atoms with Crippen molar-refractivity contribution in [2.75, 3.05) is 18.0 Å². The highest BCUT2D eigenvalue weighted by atomic mass is 16.5. The Labute approximate surface area is 149 Å². The first-order valence-electron chi connectivity index (χ1n) is 9.54. The maximum absolute atomic E-state index is 5.41. The number of aromatic nitrogens is 4. The molecule has 134 valence electrons. The van der Waals surface area contributed by atoms with Gasteiger partial charge in [0.25, 0.3) is 0 Å². The molecule has 0 amide bonds. The van der Waals surface area contributed by atoms with Gasteiger partial charge in [-0.3, -0.25) is 0 Å². The van der Waals surface area contributed by atoms with Crippen LogP contribution in [0.5, 0.6) is 0 Å². The third-order valence-corrected chi connectivity index (χ3v) is 5.39. The van der Waals surface area contributed by atoms with E-state index in [0.29, 0.717) is 11.8 Å². The molecule has 1 aliphatic heterocycles. The molecule has 1 atom stereocenters. The van der Waals surface area contributed by atoms with E-state index in [-0.39, 0.29) is 5.92 Å². The molecule has 6 heteroatoms. The van der Waals surface area contributed by atoms with Crippen LogP contribution in [0.4, 0.5) is 5.82 Å². The van der Waals surface area contributed by atoms with Crippen molar-refractivity contribution in [1.82, 2.24) is 20.1 Å². The smallest absolute Gasteiger partial charge is 0.229 e. The van der Waals surface area contributed by atoms with Gasteiger partial charge in [-0.15, -0.1) is 0 Å². The lowest BCUT2D eigenvalue weighted by molar-refractivity contribution is 0.354. The molecule has 6 nitrogen and oxygen atoms in total. The van der Waals surface area contributed by atoms with Crippen molar-refractivity contribution < 1.29 is 4.52 Å². The molecule has 0 spiro atoms. The summed E-state index contributed by atoms with van der Waals surface area (Å²) in [6.45, 7) is 8.17. The molecule has 2 aromatic rings. The summed E-state index contributed by atoms with van der Waals surface area (Å²) in [7, 11) is 0. The highest BCUT2D eigenvalue weighted by Gasteiger charge is 2.28. The summed E-state index contributed by atoms with van der Waals surface area (Å²) in [5, 5.41) is 4.23. The molecule has 2 aromatic heterocycles. The Kier molecular flexibility index (Phi) is 4.44. The lowest BCUT2D eigenvalue weighted by Gasteiger charge is -2.33. The number of hydrogen-bond acceptors (Lipinski definition) is 6. The van der Waals surface area contributed by atoms with Gasteiger partial charge in [0.05, 0.1) is 0 Å². The molecule has 0 bridgehead atoms. The molecule has 2 aliphatic rings. The fourth-order valence-corrected chi connectivity index (χ4v) is 3.63. The molecule has 25 heavy (non-hydrogen) atoms. The Morgan fingerprint density at radius 3 is 2.52 bits per heavy atom. The van der Waals surface area contributed by atoms with Crippen LogP contribution < -0.4 is 4.90 Å². The Hall–Kier alpha value is -1.98. The first-order valence-corrected chi connectivity index (χ1v) is 9.54. The van der Waals surface area contributed by atoms with E-state index in [1.54, 1.807) is 0 Å². The van der Waals surface area contributed by atoms with Crippen molar-refractivity contribution >= 4 is 5.82 Å². The minimum absolute atomic E-state index is 0.274. The molecule has 0 radical (unpaired) electrons. The number of hydrogen-bond donors (Lipinski definition) is 0. The summed E-state index contributed by atoms with van der Waals surface area (Å²) in [5.74, 6) is 4.82.